The molecule has 4 nitrogen and oxygen atoms in total. The molecule has 0 radical (unpaired) electrons. The van der Waals surface area contributed by atoms with Crippen molar-refractivity contribution in [2.75, 3.05) is 32.3 Å². The predicted molar refractivity (Wildman–Crippen MR) is 60.6 cm³/mol. The molecule has 0 aromatic carbocycles. The summed E-state index contributed by atoms with van der Waals surface area (Å²) < 4.78 is 27.9. The highest BCUT2D eigenvalue weighted by molar-refractivity contribution is 7.91. The zero-order valence-electron chi connectivity index (χ0n) is 9.69. The van der Waals surface area contributed by atoms with Gasteiger partial charge >= 0.3 is 0 Å². The van der Waals surface area contributed by atoms with Crippen LogP contribution >= 0.6 is 0 Å². The second-order valence-corrected chi connectivity index (χ2v) is 6.64. The van der Waals surface area contributed by atoms with Crippen LogP contribution in [0.5, 0.6) is 0 Å². The lowest BCUT2D eigenvalue weighted by Gasteiger charge is -2.27. The van der Waals surface area contributed by atoms with Gasteiger partial charge in [0.2, 0.25) is 0 Å². The number of sulfone groups is 1. The molecule has 0 aliphatic carbocycles. The predicted octanol–water partition coefficient (Wildman–Crippen LogP) is 0.292. The van der Waals surface area contributed by atoms with Crippen LogP contribution in [0.25, 0.3) is 0 Å². The van der Waals surface area contributed by atoms with E-state index in [2.05, 4.69) is 12.2 Å². The second-order valence-electron chi connectivity index (χ2n) is 4.41. The first-order valence-corrected chi connectivity index (χ1v) is 7.19. The third-order valence-corrected chi connectivity index (χ3v) is 4.95. The molecule has 1 heterocycles. The van der Waals surface area contributed by atoms with E-state index in [1.54, 1.807) is 7.11 Å². The number of hydrogen-bond donors (Lipinski definition) is 1. The zero-order chi connectivity index (χ0) is 11.5. The minimum absolute atomic E-state index is 0.238. The Bertz CT molecular complexity index is 289. The third kappa shape index (κ3) is 3.43. The van der Waals surface area contributed by atoms with Crippen LogP contribution in [-0.4, -0.2) is 46.7 Å². The molecule has 1 rings (SSSR count). The van der Waals surface area contributed by atoms with Gasteiger partial charge in [0.05, 0.1) is 18.1 Å². The topological polar surface area (TPSA) is 55.4 Å². The minimum Gasteiger partial charge on any atom is -0.384 e. The Morgan fingerprint density at radius 2 is 2.20 bits per heavy atom. The number of methoxy groups -OCH3 is 1. The van der Waals surface area contributed by atoms with Crippen LogP contribution in [0, 0.1) is 11.8 Å². The van der Waals surface area contributed by atoms with Crippen LogP contribution in [0.4, 0.5) is 0 Å². The van der Waals surface area contributed by atoms with Crippen molar-refractivity contribution in [3.8, 4) is 0 Å². The largest absolute Gasteiger partial charge is 0.384 e. The molecule has 1 aliphatic rings. The molecule has 0 bridgehead atoms. The van der Waals surface area contributed by atoms with Crippen molar-refractivity contribution >= 4 is 9.84 Å². The summed E-state index contributed by atoms with van der Waals surface area (Å²) in [5.74, 6) is 1.26. The van der Waals surface area contributed by atoms with Crippen LogP contribution < -0.4 is 5.32 Å². The van der Waals surface area contributed by atoms with Crippen molar-refractivity contribution in [3.05, 3.63) is 0 Å². The smallest absolute Gasteiger partial charge is 0.150 e. The molecule has 0 aromatic heterocycles. The van der Waals surface area contributed by atoms with Gasteiger partial charge in [0.25, 0.3) is 0 Å². The van der Waals surface area contributed by atoms with E-state index in [9.17, 15) is 8.42 Å². The molecule has 0 aromatic rings. The van der Waals surface area contributed by atoms with Gasteiger partial charge in [0, 0.05) is 13.2 Å². The molecule has 1 aliphatic heterocycles. The number of nitrogens with one attached hydrogen (secondary N) is 1. The molecule has 90 valence electrons. The van der Waals surface area contributed by atoms with Crippen LogP contribution in [0.2, 0.25) is 0 Å². The monoisotopic (exact) mass is 235 g/mol. The first-order valence-electron chi connectivity index (χ1n) is 5.37. The molecule has 0 amide bonds. The van der Waals surface area contributed by atoms with E-state index in [-0.39, 0.29) is 12.0 Å². The van der Waals surface area contributed by atoms with Gasteiger partial charge in [-0.05, 0) is 25.3 Å². The quantitative estimate of drug-likeness (QED) is 0.744. The molecule has 3 atom stereocenters. The van der Waals surface area contributed by atoms with E-state index >= 15 is 0 Å². The lowest BCUT2D eigenvalue weighted by molar-refractivity contribution is 0.127. The molecule has 15 heavy (non-hydrogen) atoms. The lowest BCUT2D eigenvalue weighted by atomic mass is 9.89. The van der Waals surface area contributed by atoms with Gasteiger partial charge in [-0.2, -0.15) is 0 Å². The fourth-order valence-electron chi connectivity index (χ4n) is 2.46. The maximum absolute atomic E-state index is 11.4. The van der Waals surface area contributed by atoms with E-state index in [1.165, 1.54) is 0 Å². The Kier molecular flexibility index (Phi) is 4.55. The van der Waals surface area contributed by atoms with E-state index in [0.717, 1.165) is 6.42 Å². The highest BCUT2D eigenvalue weighted by Gasteiger charge is 2.35. The highest BCUT2D eigenvalue weighted by Crippen LogP contribution is 2.25. The molecule has 3 unspecified atom stereocenters. The Morgan fingerprint density at radius 1 is 1.53 bits per heavy atom. The van der Waals surface area contributed by atoms with Crippen molar-refractivity contribution in [2.24, 2.45) is 11.8 Å². The molecule has 1 saturated heterocycles. The van der Waals surface area contributed by atoms with Crippen LogP contribution in [0.1, 0.15) is 13.3 Å². The van der Waals surface area contributed by atoms with Gasteiger partial charge in [-0.3, -0.25) is 0 Å². The van der Waals surface area contributed by atoms with Gasteiger partial charge in [0.1, 0.15) is 0 Å². The molecule has 1 N–H and O–H groups in total. The maximum Gasteiger partial charge on any atom is 0.150 e. The first kappa shape index (κ1) is 12.9. The van der Waals surface area contributed by atoms with Gasteiger partial charge in [-0.25, -0.2) is 8.42 Å². The minimum atomic E-state index is -2.78. The summed E-state index contributed by atoms with van der Waals surface area (Å²) >= 11 is 0. The van der Waals surface area contributed by atoms with Crippen LogP contribution in [-0.2, 0) is 14.6 Å². The maximum atomic E-state index is 11.4. The fourth-order valence-corrected chi connectivity index (χ4v) is 4.31. The number of hydrogen-bond acceptors (Lipinski definition) is 4. The van der Waals surface area contributed by atoms with Crippen molar-refractivity contribution in [3.63, 3.8) is 0 Å². The fraction of sp³-hybridized carbons (Fsp3) is 1.00. The third-order valence-electron chi connectivity index (χ3n) is 3.15. The highest BCUT2D eigenvalue weighted by atomic mass is 32.2. The summed E-state index contributed by atoms with van der Waals surface area (Å²) in [7, 11) is 0.786. The summed E-state index contributed by atoms with van der Waals surface area (Å²) in [5, 5.41) is 3.22. The first-order chi connectivity index (χ1) is 7.00. The van der Waals surface area contributed by atoms with Gasteiger partial charge in [0.15, 0.2) is 9.84 Å². The van der Waals surface area contributed by atoms with E-state index in [0.29, 0.717) is 24.0 Å². The Hall–Kier alpha value is -0.130. The van der Waals surface area contributed by atoms with Gasteiger partial charge in [-0.15, -0.1) is 0 Å². The van der Waals surface area contributed by atoms with Crippen molar-refractivity contribution in [1.29, 1.82) is 0 Å². The van der Waals surface area contributed by atoms with Gasteiger partial charge in [-0.1, -0.05) is 6.92 Å². The lowest BCUT2D eigenvalue weighted by Crippen LogP contribution is -2.41. The molecular weight excluding hydrogens is 214 g/mol. The SMILES string of the molecule is CNC(C(C)COC)C1CCS(=O)(=O)C1. The normalized spacial score (nSPS) is 28.9. The summed E-state index contributed by atoms with van der Waals surface area (Å²) in [6, 6.07) is 0.238. The molecule has 1 fully saturated rings. The summed E-state index contributed by atoms with van der Waals surface area (Å²) in [5.41, 5.74) is 0. The number of rotatable bonds is 5. The van der Waals surface area contributed by atoms with E-state index in [4.69, 9.17) is 4.74 Å². The van der Waals surface area contributed by atoms with Crippen molar-refractivity contribution in [2.45, 2.75) is 19.4 Å². The molecule has 0 saturated carbocycles. The molecular formula is C10H21NO3S. The van der Waals surface area contributed by atoms with Crippen LogP contribution in [0.15, 0.2) is 0 Å². The average Bonchev–Trinajstić information content (AvgIpc) is 2.48. The molecule has 0 spiro atoms. The standard InChI is InChI=1S/C10H21NO3S/c1-8(6-14-3)10(11-2)9-4-5-15(12,13)7-9/h8-11H,4-7H2,1-3H3. The van der Waals surface area contributed by atoms with Crippen molar-refractivity contribution < 1.29 is 13.2 Å². The Morgan fingerprint density at radius 3 is 2.60 bits per heavy atom. The number of ether oxygens (including phenoxy) is 1. The zero-order valence-corrected chi connectivity index (χ0v) is 10.5. The second kappa shape index (κ2) is 5.27. The summed E-state index contributed by atoms with van der Waals surface area (Å²) in [6.07, 6.45) is 0.780. The van der Waals surface area contributed by atoms with Gasteiger partial charge < -0.3 is 10.1 Å². The Labute approximate surface area is 92.3 Å². The Balaban J connectivity index is 2.60. The van der Waals surface area contributed by atoms with E-state index in [1.807, 2.05) is 7.05 Å². The summed E-state index contributed by atoms with van der Waals surface area (Å²) in [6.45, 7) is 2.76. The van der Waals surface area contributed by atoms with Crippen molar-refractivity contribution in [1.82, 2.24) is 5.32 Å². The summed E-state index contributed by atoms with van der Waals surface area (Å²) in [4.78, 5) is 0. The van der Waals surface area contributed by atoms with E-state index < -0.39 is 9.84 Å². The van der Waals surface area contributed by atoms with Crippen LogP contribution in [0.3, 0.4) is 0 Å². The molecule has 5 heteroatoms. The average molecular weight is 235 g/mol.